The van der Waals surface area contributed by atoms with Gasteiger partial charge in [0, 0.05) is 31.7 Å². The maximum Gasteiger partial charge on any atom is 0.227 e. The second-order valence-electron chi connectivity index (χ2n) is 7.42. The molecule has 8 nitrogen and oxygen atoms in total. The van der Waals surface area contributed by atoms with E-state index in [1.54, 1.807) is 7.11 Å². The predicted molar refractivity (Wildman–Crippen MR) is 141 cm³/mol. The number of amides is 1. The van der Waals surface area contributed by atoms with Crippen LogP contribution in [0.5, 0.6) is 11.5 Å². The van der Waals surface area contributed by atoms with Crippen LogP contribution in [0.1, 0.15) is 30.9 Å². The van der Waals surface area contributed by atoms with Crippen molar-refractivity contribution in [2.24, 2.45) is 4.99 Å². The highest BCUT2D eigenvalue weighted by atomic mass is 127. The highest BCUT2D eigenvalue weighted by Crippen LogP contribution is 2.28. The lowest BCUT2D eigenvalue weighted by Crippen LogP contribution is -2.36. The number of nitrogens with zero attached hydrogens (tertiary/aromatic N) is 2. The van der Waals surface area contributed by atoms with E-state index in [2.05, 4.69) is 15.6 Å². The smallest absolute Gasteiger partial charge is 0.227 e. The zero-order chi connectivity index (χ0) is 22.8. The summed E-state index contributed by atoms with van der Waals surface area (Å²) in [5.74, 6) is 2.12. The fourth-order valence-corrected chi connectivity index (χ4v) is 3.50. The molecule has 3 N–H and O–H groups in total. The third-order valence-corrected chi connectivity index (χ3v) is 5.12. The molecule has 0 unspecified atom stereocenters. The third-order valence-electron chi connectivity index (χ3n) is 5.12. The molecular formula is C24H33IN4O4. The summed E-state index contributed by atoms with van der Waals surface area (Å²) in [5.41, 5.74) is 3.05. The Bertz CT molecular complexity index is 921. The zero-order valence-electron chi connectivity index (χ0n) is 19.2. The van der Waals surface area contributed by atoms with Gasteiger partial charge in [0.1, 0.15) is 6.61 Å². The molecule has 0 atom stereocenters. The molecule has 0 bridgehead atoms. The number of aliphatic hydroxyl groups excluding tert-OH is 1. The molecule has 0 aromatic heterocycles. The lowest BCUT2D eigenvalue weighted by Gasteiger charge is -2.16. The molecule has 0 aliphatic carbocycles. The molecule has 180 valence electrons. The number of halogens is 1. The van der Waals surface area contributed by atoms with E-state index in [0.717, 1.165) is 36.3 Å². The molecule has 3 rings (SSSR count). The van der Waals surface area contributed by atoms with Gasteiger partial charge in [-0.1, -0.05) is 18.2 Å². The average molecular weight is 568 g/mol. The van der Waals surface area contributed by atoms with Gasteiger partial charge in [-0.05, 0) is 48.7 Å². The van der Waals surface area contributed by atoms with Crippen molar-refractivity contribution in [3.63, 3.8) is 0 Å². The topological polar surface area (TPSA) is 95.4 Å². The van der Waals surface area contributed by atoms with E-state index in [9.17, 15) is 4.79 Å². The van der Waals surface area contributed by atoms with Crippen molar-refractivity contribution in [2.75, 3.05) is 38.3 Å². The predicted octanol–water partition coefficient (Wildman–Crippen LogP) is 3.07. The molecule has 2 aromatic carbocycles. The van der Waals surface area contributed by atoms with Crippen LogP contribution in [0.2, 0.25) is 0 Å². The summed E-state index contributed by atoms with van der Waals surface area (Å²) < 4.78 is 10.9. The van der Waals surface area contributed by atoms with Gasteiger partial charge in [-0.25, -0.2) is 4.99 Å². The number of rotatable bonds is 10. The Morgan fingerprint density at radius 3 is 2.52 bits per heavy atom. The Labute approximate surface area is 212 Å². The van der Waals surface area contributed by atoms with E-state index in [0.29, 0.717) is 37.0 Å². The molecule has 1 fully saturated rings. The minimum Gasteiger partial charge on any atom is -0.493 e. The number of aliphatic hydroxyl groups is 1. The minimum atomic E-state index is -0.0496. The van der Waals surface area contributed by atoms with Gasteiger partial charge in [-0.3, -0.25) is 4.79 Å². The van der Waals surface area contributed by atoms with Crippen molar-refractivity contribution in [1.29, 1.82) is 0 Å². The van der Waals surface area contributed by atoms with Crippen molar-refractivity contribution in [3.05, 3.63) is 53.6 Å². The molecule has 1 aliphatic heterocycles. The van der Waals surface area contributed by atoms with E-state index < -0.39 is 0 Å². The number of nitrogens with one attached hydrogen (secondary N) is 2. The first-order chi connectivity index (χ1) is 15.6. The molecule has 1 saturated heterocycles. The number of anilines is 1. The van der Waals surface area contributed by atoms with Gasteiger partial charge < -0.3 is 30.1 Å². The van der Waals surface area contributed by atoms with E-state index in [1.807, 2.05) is 54.3 Å². The van der Waals surface area contributed by atoms with Gasteiger partial charge in [0.05, 0.1) is 20.3 Å². The summed E-state index contributed by atoms with van der Waals surface area (Å²) in [6.45, 7) is 4.84. The van der Waals surface area contributed by atoms with Crippen LogP contribution in [0.25, 0.3) is 0 Å². The maximum absolute atomic E-state index is 11.9. The standard InChI is InChI=1S/C24H32N4O4.HI/c1-3-25-24(27-17-19-8-11-21(32-14-13-29)22(15-19)31-2)26-16-18-6-9-20(10-7-18)28-12-4-5-23(28)30;/h6-11,15,29H,3-5,12-14,16-17H2,1-2H3,(H2,25,26,27);1H. The highest BCUT2D eigenvalue weighted by Gasteiger charge is 2.21. The number of ether oxygens (including phenoxy) is 2. The van der Waals surface area contributed by atoms with Crippen LogP contribution in [0.3, 0.4) is 0 Å². The van der Waals surface area contributed by atoms with Crippen LogP contribution in [0.15, 0.2) is 47.5 Å². The molecular weight excluding hydrogens is 535 g/mol. The van der Waals surface area contributed by atoms with Gasteiger partial charge in [-0.2, -0.15) is 0 Å². The number of carbonyl (C=O) groups is 1. The SMILES string of the molecule is CCNC(=NCc1ccc(OCCO)c(OC)c1)NCc1ccc(N2CCCC2=O)cc1.I. The van der Waals surface area contributed by atoms with E-state index in [1.165, 1.54) is 0 Å². The van der Waals surface area contributed by atoms with Crippen molar-refractivity contribution < 1.29 is 19.4 Å². The van der Waals surface area contributed by atoms with Gasteiger partial charge >= 0.3 is 0 Å². The number of carbonyl (C=O) groups excluding carboxylic acids is 1. The van der Waals surface area contributed by atoms with E-state index in [-0.39, 0.29) is 43.1 Å². The van der Waals surface area contributed by atoms with Crippen molar-refractivity contribution in [1.82, 2.24) is 10.6 Å². The molecule has 0 saturated carbocycles. The summed E-state index contributed by atoms with van der Waals surface area (Å²) in [6.07, 6.45) is 1.56. The first-order valence-electron chi connectivity index (χ1n) is 11.0. The second-order valence-corrected chi connectivity index (χ2v) is 7.42. The molecule has 0 radical (unpaired) electrons. The van der Waals surface area contributed by atoms with Gasteiger partial charge in [0.25, 0.3) is 0 Å². The van der Waals surface area contributed by atoms with Gasteiger partial charge in [0.15, 0.2) is 17.5 Å². The monoisotopic (exact) mass is 568 g/mol. The van der Waals surface area contributed by atoms with Gasteiger partial charge in [-0.15, -0.1) is 24.0 Å². The molecule has 1 heterocycles. The average Bonchev–Trinajstić information content (AvgIpc) is 3.25. The van der Waals surface area contributed by atoms with E-state index >= 15 is 0 Å². The van der Waals surface area contributed by atoms with Crippen molar-refractivity contribution in [3.8, 4) is 11.5 Å². The molecule has 9 heteroatoms. The van der Waals surface area contributed by atoms with Crippen LogP contribution in [0.4, 0.5) is 5.69 Å². The number of aliphatic imine (C=N–C) groups is 1. The quantitative estimate of drug-likeness (QED) is 0.232. The Balaban J connectivity index is 0.00000385. The van der Waals surface area contributed by atoms with Crippen molar-refractivity contribution in [2.45, 2.75) is 32.9 Å². The Morgan fingerprint density at radius 1 is 1.12 bits per heavy atom. The Kier molecular flexibility index (Phi) is 11.2. The minimum absolute atomic E-state index is 0. The molecule has 1 amide bonds. The van der Waals surface area contributed by atoms with Crippen LogP contribution in [-0.4, -0.2) is 50.4 Å². The Hall–Kier alpha value is -2.53. The first kappa shape index (κ1) is 26.7. The van der Waals surface area contributed by atoms with Gasteiger partial charge in [0.2, 0.25) is 5.91 Å². The molecule has 33 heavy (non-hydrogen) atoms. The van der Waals surface area contributed by atoms with Crippen LogP contribution in [-0.2, 0) is 17.9 Å². The van der Waals surface area contributed by atoms with Crippen LogP contribution in [0, 0.1) is 0 Å². The first-order valence-corrected chi connectivity index (χ1v) is 11.0. The molecule has 1 aliphatic rings. The Morgan fingerprint density at radius 2 is 1.88 bits per heavy atom. The number of hydrogen-bond donors (Lipinski definition) is 3. The zero-order valence-corrected chi connectivity index (χ0v) is 21.5. The molecule has 0 spiro atoms. The lowest BCUT2D eigenvalue weighted by atomic mass is 10.2. The summed E-state index contributed by atoms with van der Waals surface area (Å²) in [7, 11) is 1.59. The van der Waals surface area contributed by atoms with Crippen LogP contribution < -0.4 is 25.0 Å². The number of benzene rings is 2. The second kappa shape index (κ2) is 13.9. The summed E-state index contributed by atoms with van der Waals surface area (Å²) in [5, 5.41) is 15.5. The summed E-state index contributed by atoms with van der Waals surface area (Å²) in [6, 6.07) is 13.7. The maximum atomic E-state index is 11.9. The fraction of sp³-hybridized carbons (Fsp3) is 0.417. The van der Waals surface area contributed by atoms with E-state index in [4.69, 9.17) is 14.6 Å². The normalized spacial score (nSPS) is 13.5. The number of methoxy groups -OCH3 is 1. The summed E-state index contributed by atoms with van der Waals surface area (Å²) in [4.78, 5) is 18.4. The highest BCUT2D eigenvalue weighted by molar-refractivity contribution is 14.0. The molecule has 2 aromatic rings. The number of guanidine groups is 1. The largest absolute Gasteiger partial charge is 0.493 e. The lowest BCUT2D eigenvalue weighted by molar-refractivity contribution is -0.117. The summed E-state index contributed by atoms with van der Waals surface area (Å²) >= 11 is 0. The van der Waals surface area contributed by atoms with Crippen molar-refractivity contribution >= 4 is 41.5 Å². The number of hydrogen-bond acceptors (Lipinski definition) is 5. The third kappa shape index (κ3) is 7.78. The fourth-order valence-electron chi connectivity index (χ4n) is 3.50. The van der Waals surface area contributed by atoms with Crippen LogP contribution >= 0.6 is 24.0 Å².